The minimum absolute atomic E-state index is 0.204. The van der Waals surface area contributed by atoms with Crippen molar-refractivity contribution in [2.75, 3.05) is 28.4 Å². The van der Waals surface area contributed by atoms with Crippen LogP contribution < -0.4 is 18.9 Å². The molecular formula is C27H22O6. The maximum Gasteiger partial charge on any atom is 0.335 e. The Balaban J connectivity index is 1.99. The van der Waals surface area contributed by atoms with E-state index in [9.17, 15) is 4.79 Å². The monoisotopic (exact) mass is 442 g/mol. The third-order valence-corrected chi connectivity index (χ3v) is 4.72. The molecule has 0 aliphatic heterocycles. The first-order chi connectivity index (χ1) is 16.0. The third kappa shape index (κ3) is 5.58. The fourth-order valence-corrected chi connectivity index (χ4v) is 2.98. The van der Waals surface area contributed by atoms with Gasteiger partial charge in [0, 0.05) is 17.2 Å². The van der Waals surface area contributed by atoms with E-state index in [0.29, 0.717) is 39.7 Å². The van der Waals surface area contributed by atoms with Crippen LogP contribution in [0.4, 0.5) is 0 Å². The van der Waals surface area contributed by atoms with Crippen molar-refractivity contribution in [2.45, 2.75) is 0 Å². The minimum Gasteiger partial charge on any atom is -0.495 e. The molecule has 1 N–H and O–H groups in total. The first-order valence-electron chi connectivity index (χ1n) is 9.84. The average Bonchev–Trinajstić information content (AvgIpc) is 2.85. The molecule has 0 atom stereocenters. The van der Waals surface area contributed by atoms with Gasteiger partial charge in [-0.05, 0) is 48.5 Å². The van der Waals surface area contributed by atoms with Crippen molar-refractivity contribution >= 4 is 5.97 Å². The summed E-state index contributed by atoms with van der Waals surface area (Å²) in [7, 11) is 6.26. The summed E-state index contributed by atoms with van der Waals surface area (Å²) in [5.74, 6) is 13.6. The molecule has 3 aromatic carbocycles. The van der Waals surface area contributed by atoms with E-state index in [1.165, 1.54) is 12.1 Å². The van der Waals surface area contributed by atoms with E-state index < -0.39 is 5.97 Å². The summed E-state index contributed by atoms with van der Waals surface area (Å²) in [6.45, 7) is 0. The lowest BCUT2D eigenvalue weighted by molar-refractivity contribution is 0.0697. The standard InChI is InChI=1S/C27H22O6/c1-30-23-14-9-19(15-26(23)33-4)8-13-22-16-21(24(31-2)17-25(22)32-3)12-7-18-5-10-20(11-6-18)27(28)29/h5-6,9-11,14-17H,1-4H3,(H,28,29). The molecule has 6 nitrogen and oxygen atoms in total. The van der Waals surface area contributed by atoms with Gasteiger partial charge in [0.25, 0.3) is 0 Å². The Bertz CT molecular complexity index is 1280. The van der Waals surface area contributed by atoms with Crippen molar-refractivity contribution in [1.82, 2.24) is 0 Å². The predicted octanol–water partition coefficient (Wildman–Crippen LogP) is 4.22. The van der Waals surface area contributed by atoms with Gasteiger partial charge in [-0.2, -0.15) is 0 Å². The van der Waals surface area contributed by atoms with Crippen LogP contribution in [-0.2, 0) is 0 Å². The molecular weight excluding hydrogens is 420 g/mol. The van der Waals surface area contributed by atoms with Crippen molar-refractivity contribution < 1.29 is 28.8 Å². The molecule has 0 heterocycles. The van der Waals surface area contributed by atoms with Gasteiger partial charge in [-0.25, -0.2) is 4.79 Å². The summed E-state index contributed by atoms with van der Waals surface area (Å²) in [5, 5.41) is 9.03. The van der Waals surface area contributed by atoms with Gasteiger partial charge in [0.15, 0.2) is 11.5 Å². The molecule has 0 aliphatic carbocycles. The maximum absolute atomic E-state index is 11.0. The lowest BCUT2D eigenvalue weighted by atomic mass is 10.1. The number of rotatable bonds is 5. The molecule has 6 heteroatoms. The number of hydrogen-bond acceptors (Lipinski definition) is 5. The first kappa shape index (κ1) is 23.1. The van der Waals surface area contributed by atoms with E-state index in [2.05, 4.69) is 23.7 Å². The van der Waals surface area contributed by atoms with E-state index >= 15 is 0 Å². The number of aromatic carboxylic acids is 1. The molecule has 0 radical (unpaired) electrons. The summed E-state index contributed by atoms with van der Waals surface area (Å²) in [5.41, 5.74) is 2.89. The second-order valence-electron chi connectivity index (χ2n) is 6.71. The zero-order valence-corrected chi connectivity index (χ0v) is 18.7. The molecule has 0 aliphatic rings. The second-order valence-corrected chi connectivity index (χ2v) is 6.71. The SMILES string of the molecule is COc1cc(OC)c(C#Cc2ccc(OC)c(OC)c2)cc1C#Cc1ccc(C(=O)O)cc1. The highest BCUT2D eigenvalue weighted by molar-refractivity contribution is 5.87. The topological polar surface area (TPSA) is 74.2 Å². The number of carbonyl (C=O) groups is 1. The largest absolute Gasteiger partial charge is 0.495 e. The molecule has 3 rings (SSSR count). The highest BCUT2D eigenvalue weighted by Gasteiger charge is 2.09. The fraction of sp³-hybridized carbons (Fsp3) is 0.148. The Hall–Kier alpha value is -4.55. The van der Waals surface area contributed by atoms with Gasteiger partial charge >= 0.3 is 5.97 Å². The minimum atomic E-state index is -0.982. The normalized spacial score (nSPS) is 9.58. The van der Waals surface area contributed by atoms with Crippen LogP contribution >= 0.6 is 0 Å². The molecule has 0 fully saturated rings. The molecule has 33 heavy (non-hydrogen) atoms. The zero-order valence-electron chi connectivity index (χ0n) is 18.7. The molecule has 3 aromatic rings. The average molecular weight is 442 g/mol. The Kier molecular flexibility index (Phi) is 7.47. The Morgan fingerprint density at radius 2 is 1.12 bits per heavy atom. The van der Waals surface area contributed by atoms with Gasteiger partial charge in [0.2, 0.25) is 0 Å². The van der Waals surface area contributed by atoms with Gasteiger partial charge in [-0.3, -0.25) is 0 Å². The van der Waals surface area contributed by atoms with Gasteiger partial charge in [0.1, 0.15) is 11.5 Å². The van der Waals surface area contributed by atoms with Gasteiger partial charge in [-0.1, -0.05) is 23.7 Å². The van der Waals surface area contributed by atoms with Crippen LogP contribution in [0.5, 0.6) is 23.0 Å². The van der Waals surface area contributed by atoms with Crippen LogP contribution in [0.1, 0.15) is 32.6 Å². The van der Waals surface area contributed by atoms with Crippen molar-refractivity contribution in [3.8, 4) is 46.7 Å². The highest BCUT2D eigenvalue weighted by Crippen LogP contribution is 2.29. The zero-order chi connectivity index (χ0) is 23.8. The number of hydrogen-bond donors (Lipinski definition) is 1. The maximum atomic E-state index is 11.0. The Morgan fingerprint density at radius 3 is 1.64 bits per heavy atom. The van der Waals surface area contributed by atoms with Crippen LogP contribution in [0.25, 0.3) is 0 Å². The highest BCUT2D eigenvalue weighted by atomic mass is 16.5. The number of ether oxygens (including phenoxy) is 4. The Morgan fingerprint density at radius 1 is 0.606 bits per heavy atom. The summed E-state index contributed by atoms with van der Waals surface area (Å²) in [4.78, 5) is 11.0. The van der Waals surface area contributed by atoms with Gasteiger partial charge in [0.05, 0.1) is 45.1 Å². The summed E-state index contributed by atoms with van der Waals surface area (Å²) in [6.07, 6.45) is 0. The van der Waals surface area contributed by atoms with Crippen LogP contribution in [0, 0.1) is 23.7 Å². The molecule has 0 bridgehead atoms. The van der Waals surface area contributed by atoms with Crippen molar-refractivity contribution in [3.05, 3.63) is 82.4 Å². The van der Waals surface area contributed by atoms with E-state index in [4.69, 9.17) is 24.1 Å². The van der Waals surface area contributed by atoms with Crippen LogP contribution in [0.15, 0.2) is 54.6 Å². The summed E-state index contributed by atoms with van der Waals surface area (Å²) >= 11 is 0. The Labute approximate surface area is 192 Å². The second kappa shape index (κ2) is 10.7. The molecule has 0 amide bonds. The smallest absolute Gasteiger partial charge is 0.335 e. The summed E-state index contributed by atoms with van der Waals surface area (Å²) in [6, 6.07) is 15.3. The quantitative estimate of drug-likeness (QED) is 0.597. The molecule has 166 valence electrons. The van der Waals surface area contributed by atoms with E-state index in [-0.39, 0.29) is 5.56 Å². The third-order valence-electron chi connectivity index (χ3n) is 4.72. The first-order valence-corrected chi connectivity index (χ1v) is 9.84. The van der Waals surface area contributed by atoms with Gasteiger partial charge < -0.3 is 24.1 Å². The molecule has 0 unspecified atom stereocenters. The predicted molar refractivity (Wildman–Crippen MR) is 124 cm³/mol. The number of carboxylic acids is 1. The van der Waals surface area contributed by atoms with Crippen LogP contribution in [0.2, 0.25) is 0 Å². The lowest BCUT2D eigenvalue weighted by Gasteiger charge is -2.09. The van der Waals surface area contributed by atoms with Gasteiger partial charge in [-0.15, -0.1) is 0 Å². The van der Waals surface area contributed by atoms with Crippen molar-refractivity contribution in [3.63, 3.8) is 0 Å². The molecule has 0 spiro atoms. The number of methoxy groups -OCH3 is 4. The van der Waals surface area contributed by atoms with Crippen LogP contribution in [-0.4, -0.2) is 39.5 Å². The number of benzene rings is 3. The van der Waals surface area contributed by atoms with Crippen molar-refractivity contribution in [1.29, 1.82) is 0 Å². The molecule has 0 saturated heterocycles. The van der Waals surface area contributed by atoms with E-state index in [0.717, 1.165) is 5.56 Å². The number of carboxylic acid groups (broad SMARTS) is 1. The molecule has 0 saturated carbocycles. The molecule has 0 aromatic heterocycles. The van der Waals surface area contributed by atoms with Crippen LogP contribution in [0.3, 0.4) is 0 Å². The van der Waals surface area contributed by atoms with E-state index in [1.807, 2.05) is 6.07 Å². The fourth-order valence-electron chi connectivity index (χ4n) is 2.98. The van der Waals surface area contributed by atoms with Crippen molar-refractivity contribution in [2.24, 2.45) is 0 Å². The summed E-state index contributed by atoms with van der Waals surface area (Å²) < 4.78 is 21.5. The van der Waals surface area contributed by atoms with E-state index in [1.54, 1.807) is 64.8 Å². The lowest BCUT2D eigenvalue weighted by Crippen LogP contribution is -1.95.